The van der Waals surface area contributed by atoms with Crippen LogP contribution in [0.4, 0.5) is 4.39 Å². The summed E-state index contributed by atoms with van der Waals surface area (Å²) < 4.78 is 15.5. The molecule has 1 amide bonds. The van der Waals surface area contributed by atoms with Gasteiger partial charge in [-0.25, -0.2) is 4.39 Å². The molecule has 0 aliphatic rings. The Morgan fingerprint density at radius 3 is 2.62 bits per heavy atom. The number of aryl methyl sites for hydroxylation is 2. The molecule has 0 radical (unpaired) electrons. The van der Waals surface area contributed by atoms with Crippen LogP contribution in [0.2, 0.25) is 5.02 Å². The molecule has 1 aromatic heterocycles. The van der Waals surface area contributed by atoms with Crippen LogP contribution in [0.5, 0.6) is 0 Å². The van der Waals surface area contributed by atoms with Gasteiger partial charge in [0, 0.05) is 16.3 Å². The van der Waals surface area contributed by atoms with E-state index in [1.54, 1.807) is 17.8 Å². The molecular formula is C26H24ClFN4OS. The maximum Gasteiger partial charge on any atom is 0.251 e. The van der Waals surface area contributed by atoms with E-state index >= 15 is 0 Å². The van der Waals surface area contributed by atoms with Crippen molar-refractivity contribution in [2.24, 2.45) is 0 Å². The van der Waals surface area contributed by atoms with E-state index in [1.165, 1.54) is 29.3 Å². The lowest BCUT2D eigenvalue weighted by Gasteiger charge is -2.18. The molecule has 5 nitrogen and oxygen atoms in total. The fourth-order valence-electron chi connectivity index (χ4n) is 3.59. The highest BCUT2D eigenvalue weighted by molar-refractivity contribution is 7.98. The second-order valence-corrected chi connectivity index (χ2v) is 9.41. The zero-order valence-corrected chi connectivity index (χ0v) is 20.6. The van der Waals surface area contributed by atoms with Crippen LogP contribution >= 0.6 is 23.4 Å². The first kappa shape index (κ1) is 24.0. The van der Waals surface area contributed by atoms with Gasteiger partial charge in [0.1, 0.15) is 5.82 Å². The van der Waals surface area contributed by atoms with Gasteiger partial charge in [0.05, 0.1) is 11.7 Å². The van der Waals surface area contributed by atoms with E-state index in [9.17, 15) is 9.18 Å². The van der Waals surface area contributed by atoms with E-state index in [4.69, 9.17) is 11.6 Å². The van der Waals surface area contributed by atoms with Gasteiger partial charge in [-0.15, -0.1) is 10.2 Å². The molecule has 0 aliphatic carbocycles. The van der Waals surface area contributed by atoms with Crippen molar-refractivity contribution < 1.29 is 9.18 Å². The highest BCUT2D eigenvalue weighted by atomic mass is 35.5. The number of hydrogen-bond acceptors (Lipinski definition) is 4. The minimum absolute atomic E-state index is 0.242. The number of aromatic nitrogens is 3. The molecule has 0 fully saturated rings. The SMILES string of the molecule is Cc1ccccc1CSc1nnc(C(C)NC(=O)c2cccc(F)c2)n1-c1cc(Cl)ccc1C. The number of carbonyl (C=O) groups is 1. The largest absolute Gasteiger partial charge is 0.342 e. The predicted molar refractivity (Wildman–Crippen MR) is 134 cm³/mol. The van der Waals surface area contributed by atoms with Crippen LogP contribution < -0.4 is 5.32 Å². The van der Waals surface area contributed by atoms with Crippen molar-refractivity contribution in [2.75, 3.05) is 0 Å². The normalized spacial score (nSPS) is 11.9. The first-order chi connectivity index (χ1) is 16.3. The number of hydrogen-bond donors (Lipinski definition) is 1. The molecule has 1 heterocycles. The Hall–Kier alpha value is -3.16. The summed E-state index contributed by atoms with van der Waals surface area (Å²) in [5, 5.41) is 13.1. The number of thioether (sulfide) groups is 1. The Morgan fingerprint density at radius 2 is 1.85 bits per heavy atom. The molecule has 0 saturated carbocycles. The fraction of sp³-hybridized carbons (Fsp3) is 0.192. The lowest BCUT2D eigenvalue weighted by atomic mass is 10.1. The van der Waals surface area contributed by atoms with Crippen molar-refractivity contribution in [2.45, 2.75) is 37.7 Å². The minimum atomic E-state index is -0.491. The van der Waals surface area contributed by atoms with Crippen molar-refractivity contribution in [3.8, 4) is 5.69 Å². The predicted octanol–water partition coefficient (Wildman–Crippen LogP) is 6.46. The molecule has 0 spiro atoms. The number of benzene rings is 3. The minimum Gasteiger partial charge on any atom is -0.342 e. The van der Waals surface area contributed by atoms with Crippen LogP contribution in [0, 0.1) is 19.7 Å². The molecule has 1 atom stereocenters. The van der Waals surface area contributed by atoms with Gasteiger partial charge in [-0.3, -0.25) is 9.36 Å². The third kappa shape index (κ3) is 5.32. The number of amides is 1. The van der Waals surface area contributed by atoms with Gasteiger partial charge in [0.25, 0.3) is 5.91 Å². The summed E-state index contributed by atoms with van der Waals surface area (Å²) in [6.07, 6.45) is 0. The van der Waals surface area contributed by atoms with Crippen LogP contribution in [0.3, 0.4) is 0 Å². The van der Waals surface area contributed by atoms with Crippen LogP contribution in [0.1, 0.15) is 45.8 Å². The van der Waals surface area contributed by atoms with Gasteiger partial charge in [-0.2, -0.15) is 0 Å². The molecule has 0 aliphatic heterocycles. The van der Waals surface area contributed by atoms with E-state index in [0.717, 1.165) is 11.3 Å². The summed E-state index contributed by atoms with van der Waals surface area (Å²) in [7, 11) is 0. The summed E-state index contributed by atoms with van der Waals surface area (Å²) in [4.78, 5) is 12.7. The molecule has 1 unspecified atom stereocenters. The Labute approximate surface area is 207 Å². The van der Waals surface area contributed by atoms with Crippen molar-refractivity contribution in [1.82, 2.24) is 20.1 Å². The highest BCUT2D eigenvalue weighted by Crippen LogP contribution is 2.31. The van der Waals surface area contributed by atoms with E-state index < -0.39 is 17.8 Å². The number of nitrogens with zero attached hydrogens (tertiary/aromatic N) is 3. The highest BCUT2D eigenvalue weighted by Gasteiger charge is 2.23. The second kappa shape index (κ2) is 10.4. The first-order valence-corrected chi connectivity index (χ1v) is 12.2. The lowest BCUT2D eigenvalue weighted by Crippen LogP contribution is -2.28. The Morgan fingerprint density at radius 1 is 1.06 bits per heavy atom. The molecular weight excluding hydrogens is 471 g/mol. The molecule has 34 heavy (non-hydrogen) atoms. The van der Waals surface area contributed by atoms with Crippen LogP contribution in [-0.2, 0) is 5.75 Å². The molecule has 0 saturated heterocycles. The number of nitrogens with one attached hydrogen (secondary N) is 1. The molecule has 4 rings (SSSR count). The molecule has 0 bridgehead atoms. The number of carbonyl (C=O) groups excluding carboxylic acids is 1. The standard InChI is InChI=1S/C26H24ClFN4OS/c1-16-7-4-5-8-20(16)15-34-26-31-30-24(32(26)23-14-21(27)12-11-17(23)2)18(3)29-25(33)19-9-6-10-22(28)13-19/h4-14,18H,15H2,1-3H3,(H,29,33). The summed E-state index contributed by atoms with van der Waals surface area (Å²) >= 11 is 7.89. The van der Waals surface area contributed by atoms with Crippen molar-refractivity contribution in [1.29, 1.82) is 0 Å². The van der Waals surface area contributed by atoms with E-state index in [0.29, 0.717) is 21.8 Å². The van der Waals surface area contributed by atoms with E-state index in [1.807, 2.05) is 48.7 Å². The summed E-state index contributed by atoms with van der Waals surface area (Å²) in [5.41, 5.74) is 4.49. The van der Waals surface area contributed by atoms with Gasteiger partial charge in [-0.1, -0.05) is 59.8 Å². The average Bonchev–Trinajstić information content (AvgIpc) is 3.24. The van der Waals surface area contributed by atoms with Crippen LogP contribution in [0.15, 0.2) is 71.9 Å². The van der Waals surface area contributed by atoms with E-state index in [2.05, 4.69) is 34.6 Å². The zero-order chi connectivity index (χ0) is 24.2. The first-order valence-electron chi connectivity index (χ1n) is 10.8. The van der Waals surface area contributed by atoms with Gasteiger partial charge in [0.2, 0.25) is 0 Å². The smallest absolute Gasteiger partial charge is 0.251 e. The topological polar surface area (TPSA) is 59.8 Å². The number of rotatable bonds is 7. The fourth-order valence-corrected chi connectivity index (χ4v) is 4.79. The molecule has 3 aromatic carbocycles. The van der Waals surface area contributed by atoms with Crippen molar-refractivity contribution in [3.05, 3.63) is 106 Å². The zero-order valence-electron chi connectivity index (χ0n) is 19.0. The maximum atomic E-state index is 13.6. The van der Waals surface area contributed by atoms with E-state index in [-0.39, 0.29) is 5.56 Å². The molecule has 8 heteroatoms. The third-order valence-electron chi connectivity index (χ3n) is 5.51. The third-order valence-corrected chi connectivity index (χ3v) is 6.72. The van der Waals surface area contributed by atoms with Crippen molar-refractivity contribution >= 4 is 29.3 Å². The number of halogens is 2. The molecule has 1 N–H and O–H groups in total. The maximum absolute atomic E-state index is 13.6. The molecule has 174 valence electrons. The van der Waals surface area contributed by atoms with Gasteiger partial charge >= 0.3 is 0 Å². The summed E-state index contributed by atoms with van der Waals surface area (Å²) in [6.45, 7) is 5.89. The quantitative estimate of drug-likeness (QED) is 0.299. The monoisotopic (exact) mass is 494 g/mol. The van der Waals surface area contributed by atoms with Crippen LogP contribution in [0.25, 0.3) is 5.69 Å². The van der Waals surface area contributed by atoms with Gasteiger partial charge < -0.3 is 5.32 Å². The lowest BCUT2D eigenvalue weighted by molar-refractivity contribution is 0.0937. The summed E-state index contributed by atoms with van der Waals surface area (Å²) in [6, 6.07) is 18.9. The molecule has 4 aromatic rings. The Balaban J connectivity index is 1.68. The summed E-state index contributed by atoms with van der Waals surface area (Å²) in [5.74, 6) is 0.419. The average molecular weight is 495 g/mol. The second-order valence-electron chi connectivity index (χ2n) is 8.03. The van der Waals surface area contributed by atoms with Crippen molar-refractivity contribution in [3.63, 3.8) is 0 Å². The van der Waals surface area contributed by atoms with Crippen LogP contribution in [-0.4, -0.2) is 20.7 Å². The Kier molecular flexibility index (Phi) is 7.34. The van der Waals surface area contributed by atoms with Gasteiger partial charge in [0.15, 0.2) is 11.0 Å². The Bertz CT molecular complexity index is 1340. The van der Waals surface area contributed by atoms with Gasteiger partial charge in [-0.05, 0) is 67.8 Å².